The SMILES string of the molecule is COc1ccc(C(CC(=N)/C=C(\NCCO)OCCc2ccc3c(n2)NCCC3)CC(=O)O)cn1. The summed E-state index contributed by atoms with van der Waals surface area (Å²) in [5, 5.41) is 33.3. The number of nitrogens with zero attached hydrogens (tertiary/aromatic N) is 2. The van der Waals surface area contributed by atoms with Gasteiger partial charge in [0.15, 0.2) is 5.88 Å². The van der Waals surface area contributed by atoms with Crippen molar-refractivity contribution in [3.8, 4) is 5.88 Å². The minimum absolute atomic E-state index is 0.0920. The maximum atomic E-state index is 11.4. The summed E-state index contributed by atoms with van der Waals surface area (Å²) in [6.45, 7) is 1.44. The number of pyridine rings is 2. The van der Waals surface area contributed by atoms with Gasteiger partial charge in [0, 0.05) is 55.2 Å². The molecule has 0 aliphatic carbocycles. The number of anilines is 1. The number of carbonyl (C=O) groups is 1. The molecule has 1 aliphatic heterocycles. The molecule has 1 aliphatic rings. The number of fused-ring (bicyclic) bond motifs is 1. The van der Waals surface area contributed by atoms with E-state index < -0.39 is 11.9 Å². The lowest BCUT2D eigenvalue weighted by Gasteiger charge is -2.18. The Labute approximate surface area is 204 Å². The number of hydrogen-bond acceptors (Lipinski definition) is 9. The van der Waals surface area contributed by atoms with E-state index in [2.05, 4.69) is 26.7 Å². The van der Waals surface area contributed by atoms with Gasteiger partial charge in [-0.05, 0) is 36.5 Å². The molecule has 35 heavy (non-hydrogen) atoms. The first kappa shape index (κ1) is 26.0. The predicted molar refractivity (Wildman–Crippen MR) is 132 cm³/mol. The third-order valence-corrected chi connectivity index (χ3v) is 5.61. The number of aromatic nitrogens is 2. The standard InChI is InChI=1S/C25H33N5O5/c1-34-22-7-5-18(16-29-22)19(14-24(32)33)13-20(26)15-23(27-10-11-31)35-12-8-21-6-4-17-3-2-9-28-25(17)30-21/h4-7,15-16,19,26-27,31H,2-3,8-14H2,1H3,(H,28,30)(H,32,33)/b23-15+,26-20?. The number of aliphatic hydroxyl groups is 1. The van der Waals surface area contributed by atoms with Gasteiger partial charge in [-0.1, -0.05) is 12.1 Å². The molecule has 0 saturated heterocycles. The van der Waals surface area contributed by atoms with Gasteiger partial charge in [0.1, 0.15) is 5.82 Å². The van der Waals surface area contributed by atoms with Crippen molar-refractivity contribution in [1.82, 2.24) is 15.3 Å². The van der Waals surface area contributed by atoms with E-state index in [1.54, 1.807) is 18.3 Å². The monoisotopic (exact) mass is 483 g/mol. The predicted octanol–water partition coefficient (Wildman–Crippen LogP) is 2.49. The van der Waals surface area contributed by atoms with Crippen molar-refractivity contribution < 1.29 is 24.5 Å². The molecule has 1 atom stereocenters. The molecule has 0 bridgehead atoms. The van der Waals surface area contributed by atoms with Crippen LogP contribution in [-0.2, 0) is 22.4 Å². The molecule has 5 N–H and O–H groups in total. The van der Waals surface area contributed by atoms with Gasteiger partial charge >= 0.3 is 5.97 Å². The summed E-state index contributed by atoms with van der Waals surface area (Å²) in [7, 11) is 1.51. The number of allylic oxidation sites excluding steroid dienone is 1. The van der Waals surface area contributed by atoms with Gasteiger partial charge in [0.25, 0.3) is 0 Å². The fourth-order valence-corrected chi connectivity index (χ4v) is 3.85. The van der Waals surface area contributed by atoms with E-state index in [0.717, 1.165) is 30.9 Å². The number of aryl methyl sites for hydroxylation is 1. The first-order valence-electron chi connectivity index (χ1n) is 11.7. The Kier molecular flexibility index (Phi) is 9.85. The van der Waals surface area contributed by atoms with Crippen molar-refractivity contribution in [2.45, 2.75) is 38.0 Å². The largest absolute Gasteiger partial charge is 0.481 e. The minimum Gasteiger partial charge on any atom is -0.481 e. The van der Waals surface area contributed by atoms with Crippen LogP contribution in [0.2, 0.25) is 0 Å². The van der Waals surface area contributed by atoms with Crippen LogP contribution in [-0.4, -0.2) is 65.3 Å². The van der Waals surface area contributed by atoms with Gasteiger partial charge in [0.05, 0.1) is 26.7 Å². The van der Waals surface area contributed by atoms with Crippen molar-refractivity contribution in [3.63, 3.8) is 0 Å². The van der Waals surface area contributed by atoms with E-state index in [0.29, 0.717) is 30.4 Å². The van der Waals surface area contributed by atoms with Crippen molar-refractivity contribution >= 4 is 17.5 Å². The van der Waals surface area contributed by atoms with Gasteiger partial charge in [-0.25, -0.2) is 9.97 Å². The number of carboxylic acids is 1. The summed E-state index contributed by atoms with van der Waals surface area (Å²) >= 11 is 0. The highest BCUT2D eigenvalue weighted by Crippen LogP contribution is 2.25. The van der Waals surface area contributed by atoms with E-state index in [-0.39, 0.29) is 31.7 Å². The second-order valence-corrected chi connectivity index (χ2v) is 8.26. The van der Waals surface area contributed by atoms with Crippen LogP contribution in [0.25, 0.3) is 0 Å². The average molecular weight is 484 g/mol. The highest BCUT2D eigenvalue weighted by Gasteiger charge is 2.18. The van der Waals surface area contributed by atoms with Crippen LogP contribution in [0.3, 0.4) is 0 Å². The topological polar surface area (TPSA) is 150 Å². The van der Waals surface area contributed by atoms with Crippen LogP contribution in [0, 0.1) is 5.41 Å². The van der Waals surface area contributed by atoms with Crippen molar-refractivity contribution in [3.05, 3.63) is 59.2 Å². The number of aliphatic hydroxyl groups excluding tert-OH is 1. The van der Waals surface area contributed by atoms with Crippen LogP contribution < -0.4 is 15.4 Å². The fraction of sp³-hybridized carbons (Fsp3) is 0.440. The molecule has 1 unspecified atom stereocenters. The Bertz CT molecular complexity index is 1030. The fourth-order valence-electron chi connectivity index (χ4n) is 3.85. The molecule has 10 nitrogen and oxygen atoms in total. The summed E-state index contributed by atoms with van der Waals surface area (Å²) in [6.07, 6.45) is 5.88. The number of aliphatic carboxylic acids is 1. The van der Waals surface area contributed by atoms with Crippen LogP contribution in [0.5, 0.6) is 5.88 Å². The summed E-state index contributed by atoms with van der Waals surface area (Å²) in [5.41, 5.74) is 3.04. The van der Waals surface area contributed by atoms with Crippen LogP contribution in [0.1, 0.15) is 42.0 Å². The number of nitrogens with one attached hydrogen (secondary N) is 3. The first-order chi connectivity index (χ1) is 17.0. The Morgan fingerprint density at radius 1 is 1.31 bits per heavy atom. The third kappa shape index (κ3) is 8.25. The Morgan fingerprint density at radius 2 is 2.17 bits per heavy atom. The lowest BCUT2D eigenvalue weighted by atomic mass is 9.91. The van der Waals surface area contributed by atoms with Gasteiger partial charge in [-0.15, -0.1) is 0 Å². The van der Waals surface area contributed by atoms with Crippen LogP contribution >= 0.6 is 0 Å². The second kappa shape index (κ2) is 13.3. The molecule has 0 fully saturated rings. The molecule has 0 spiro atoms. The third-order valence-electron chi connectivity index (χ3n) is 5.61. The van der Waals surface area contributed by atoms with Gasteiger partial charge in [-0.2, -0.15) is 0 Å². The summed E-state index contributed by atoms with van der Waals surface area (Å²) in [4.78, 5) is 20.2. The Balaban J connectivity index is 1.62. The quantitative estimate of drug-likeness (QED) is 0.202. The number of hydrogen-bond donors (Lipinski definition) is 5. The van der Waals surface area contributed by atoms with E-state index in [9.17, 15) is 15.0 Å². The highest BCUT2D eigenvalue weighted by atomic mass is 16.5. The lowest BCUT2D eigenvalue weighted by molar-refractivity contribution is -0.137. The first-order valence-corrected chi connectivity index (χ1v) is 11.7. The molecule has 0 radical (unpaired) electrons. The number of ether oxygens (including phenoxy) is 2. The summed E-state index contributed by atoms with van der Waals surface area (Å²) in [5.74, 6) is 0.334. The highest BCUT2D eigenvalue weighted by molar-refractivity contribution is 5.93. The van der Waals surface area contributed by atoms with E-state index in [1.165, 1.54) is 18.7 Å². The van der Waals surface area contributed by atoms with E-state index >= 15 is 0 Å². The molecule has 3 heterocycles. The minimum atomic E-state index is -0.954. The zero-order valence-electron chi connectivity index (χ0n) is 19.9. The molecular formula is C25H33N5O5. The molecule has 188 valence electrons. The zero-order valence-corrected chi connectivity index (χ0v) is 19.9. The second-order valence-electron chi connectivity index (χ2n) is 8.26. The Hall–Kier alpha value is -3.66. The van der Waals surface area contributed by atoms with E-state index in [1.807, 2.05) is 6.07 Å². The van der Waals surface area contributed by atoms with E-state index in [4.69, 9.17) is 14.9 Å². The number of rotatable bonds is 14. The number of carboxylic acid groups (broad SMARTS) is 1. The molecule has 0 amide bonds. The summed E-state index contributed by atoms with van der Waals surface area (Å²) in [6, 6.07) is 7.53. The van der Waals surface area contributed by atoms with Crippen molar-refractivity contribution in [1.29, 1.82) is 5.41 Å². The van der Waals surface area contributed by atoms with Gasteiger partial charge < -0.3 is 35.7 Å². The molecule has 2 aromatic rings. The Morgan fingerprint density at radius 3 is 2.89 bits per heavy atom. The maximum Gasteiger partial charge on any atom is 0.303 e. The van der Waals surface area contributed by atoms with Gasteiger partial charge in [-0.3, -0.25) is 4.79 Å². The maximum absolute atomic E-state index is 11.4. The van der Waals surface area contributed by atoms with Crippen molar-refractivity contribution in [2.75, 3.05) is 38.7 Å². The zero-order chi connectivity index (χ0) is 25.0. The molecular weight excluding hydrogens is 450 g/mol. The molecule has 10 heteroatoms. The summed E-state index contributed by atoms with van der Waals surface area (Å²) < 4.78 is 10.9. The van der Waals surface area contributed by atoms with Gasteiger partial charge in [0.2, 0.25) is 5.88 Å². The van der Waals surface area contributed by atoms with Crippen LogP contribution in [0.15, 0.2) is 42.4 Å². The normalized spacial score (nSPS) is 13.8. The number of methoxy groups -OCH3 is 1. The van der Waals surface area contributed by atoms with Crippen molar-refractivity contribution in [2.24, 2.45) is 0 Å². The lowest BCUT2D eigenvalue weighted by Crippen LogP contribution is -2.22. The molecule has 3 rings (SSSR count). The molecule has 2 aromatic heterocycles. The average Bonchev–Trinajstić information content (AvgIpc) is 2.86. The molecule has 0 aromatic carbocycles. The molecule has 0 saturated carbocycles. The van der Waals surface area contributed by atoms with Crippen LogP contribution in [0.4, 0.5) is 5.82 Å². The smallest absolute Gasteiger partial charge is 0.303 e.